The van der Waals surface area contributed by atoms with Gasteiger partial charge in [0.05, 0.1) is 17.4 Å². The predicted octanol–water partition coefficient (Wildman–Crippen LogP) is 4.39. The van der Waals surface area contributed by atoms with Crippen LogP contribution < -0.4 is 15.4 Å². The number of carboxylic acids is 1. The van der Waals surface area contributed by atoms with Crippen molar-refractivity contribution < 1.29 is 37.0 Å². The zero-order chi connectivity index (χ0) is 28.3. The minimum Gasteiger partial charge on any atom is -0.477 e. The maximum absolute atomic E-state index is 14.4. The molecule has 4 aromatic rings. The van der Waals surface area contributed by atoms with E-state index in [1.807, 2.05) is 0 Å². The first kappa shape index (κ1) is 26.7. The number of halogens is 4. The van der Waals surface area contributed by atoms with Gasteiger partial charge in [-0.25, -0.2) is 19.2 Å². The van der Waals surface area contributed by atoms with Crippen LogP contribution in [0.1, 0.15) is 5.56 Å². The molecule has 0 atom stereocenters. The maximum atomic E-state index is 14.4. The summed E-state index contributed by atoms with van der Waals surface area (Å²) in [6.07, 6.45) is 6.10. The lowest BCUT2D eigenvalue weighted by Crippen LogP contribution is -2.25. The number of anilines is 3. The fourth-order valence-corrected chi connectivity index (χ4v) is 3.23. The van der Waals surface area contributed by atoms with E-state index in [2.05, 4.69) is 37.3 Å². The Bertz CT molecular complexity index is 1590. The SMILES string of the molecule is C=CC(=O)Nc1cc(Oc2nc(Nc3cnn(C)c3)ncc2-c2cnc(F)c(F)c2)cc(C(F)(F)C(=O)O)c1. The van der Waals surface area contributed by atoms with E-state index in [0.29, 0.717) is 5.69 Å². The van der Waals surface area contributed by atoms with Crippen molar-refractivity contribution in [3.05, 3.63) is 79.0 Å². The van der Waals surface area contributed by atoms with Crippen LogP contribution in [-0.4, -0.2) is 41.7 Å². The van der Waals surface area contributed by atoms with Gasteiger partial charge >= 0.3 is 11.9 Å². The Morgan fingerprint density at radius 2 is 1.87 bits per heavy atom. The molecule has 39 heavy (non-hydrogen) atoms. The number of aliphatic carboxylic acids is 1. The van der Waals surface area contributed by atoms with Gasteiger partial charge in [-0.3, -0.25) is 9.48 Å². The number of hydrogen-bond donors (Lipinski definition) is 3. The molecule has 0 spiro atoms. The summed E-state index contributed by atoms with van der Waals surface area (Å²) in [6.45, 7) is 3.27. The topological polar surface area (TPSA) is 144 Å². The molecule has 0 aliphatic heterocycles. The molecule has 0 saturated carbocycles. The van der Waals surface area contributed by atoms with Crippen molar-refractivity contribution in [3.8, 4) is 22.8 Å². The van der Waals surface area contributed by atoms with Gasteiger partial charge in [0.25, 0.3) is 0 Å². The summed E-state index contributed by atoms with van der Waals surface area (Å²) in [5.74, 6) is -11.0. The lowest BCUT2D eigenvalue weighted by atomic mass is 10.1. The van der Waals surface area contributed by atoms with E-state index in [9.17, 15) is 27.2 Å². The number of carbonyl (C=O) groups is 2. The van der Waals surface area contributed by atoms with E-state index in [1.165, 1.54) is 17.1 Å². The van der Waals surface area contributed by atoms with Crippen LogP contribution >= 0.6 is 0 Å². The Labute approximate surface area is 216 Å². The molecule has 0 radical (unpaired) electrons. The van der Waals surface area contributed by atoms with E-state index in [1.54, 1.807) is 13.2 Å². The van der Waals surface area contributed by atoms with Gasteiger partial charge in [-0.15, -0.1) is 0 Å². The number of nitrogens with zero attached hydrogens (tertiary/aromatic N) is 5. The monoisotopic (exact) mass is 543 g/mol. The van der Waals surface area contributed by atoms with Gasteiger partial charge in [0, 0.05) is 48.5 Å². The third kappa shape index (κ3) is 5.98. The molecule has 0 fully saturated rings. The van der Waals surface area contributed by atoms with Crippen LogP contribution in [0.2, 0.25) is 0 Å². The quantitative estimate of drug-likeness (QED) is 0.159. The van der Waals surface area contributed by atoms with E-state index in [-0.39, 0.29) is 34.4 Å². The fraction of sp³-hybridized carbons (Fsp3) is 0.0833. The molecular formula is C24H17F4N7O4. The number of nitrogens with one attached hydrogen (secondary N) is 2. The van der Waals surface area contributed by atoms with Crippen LogP contribution in [0.15, 0.2) is 61.7 Å². The third-order valence-electron chi connectivity index (χ3n) is 5.03. The highest BCUT2D eigenvalue weighted by Crippen LogP contribution is 2.37. The van der Waals surface area contributed by atoms with Gasteiger partial charge in [-0.2, -0.15) is 23.3 Å². The molecule has 0 unspecified atom stereocenters. The molecule has 1 amide bonds. The second-order valence-corrected chi connectivity index (χ2v) is 7.86. The van der Waals surface area contributed by atoms with Crippen molar-refractivity contribution in [1.82, 2.24) is 24.7 Å². The van der Waals surface area contributed by atoms with Crippen LogP contribution in [-0.2, 0) is 22.6 Å². The van der Waals surface area contributed by atoms with Crippen LogP contribution in [0, 0.1) is 11.8 Å². The summed E-state index contributed by atoms with van der Waals surface area (Å²) in [6, 6.07) is 3.39. The summed E-state index contributed by atoms with van der Waals surface area (Å²) in [5.41, 5.74) is -0.838. The highest BCUT2D eigenvalue weighted by Gasteiger charge is 2.41. The van der Waals surface area contributed by atoms with Crippen LogP contribution in [0.25, 0.3) is 11.1 Å². The lowest BCUT2D eigenvalue weighted by Gasteiger charge is -2.17. The molecule has 15 heteroatoms. The maximum Gasteiger partial charge on any atom is 0.379 e. The number of hydrogen-bond acceptors (Lipinski definition) is 8. The molecule has 3 N–H and O–H groups in total. The zero-order valence-electron chi connectivity index (χ0n) is 19.8. The average Bonchev–Trinajstić information content (AvgIpc) is 3.30. The van der Waals surface area contributed by atoms with Gasteiger partial charge in [0.2, 0.25) is 23.7 Å². The summed E-state index contributed by atoms with van der Waals surface area (Å²) < 4.78 is 63.4. The molecule has 3 aromatic heterocycles. The molecule has 200 valence electrons. The third-order valence-corrected chi connectivity index (χ3v) is 5.03. The first-order valence-corrected chi connectivity index (χ1v) is 10.8. The Morgan fingerprint density at radius 3 is 2.51 bits per heavy atom. The van der Waals surface area contributed by atoms with E-state index >= 15 is 0 Å². The number of carboxylic acid groups (broad SMARTS) is 1. The Kier molecular flexibility index (Phi) is 7.24. The molecule has 4 rings (SSSR count). The Hall–Kier alpha value is -5.34. The summed E-state index contributed by atoms with van der Waals surface area (Å²) in [5, 5.41) is 18.1. The smallest absolute Gasteiger partial charge is 0.379 e. The summed E-state index contributed by atoms with van der Waals surface area (Å²) in [7, 11) is 1.67. The number of pyridine rings is 1. The first-order chi connectivity index (χ1) is 18.5. The molecule has 1 aromatic carbocycles. The average molecular weight is 543 g/mol. The molecular weight excluding hydrogens is 526 g/mol. The van der Waals surface area contributed by atoms with Gasteiger partial charge in [-0.05, 0) is 24.3 Å². The number of rotatable bonds is 9. The van der Waals surface area contributed by atoms with Crippen molar-refractivity contribution in [1.29, 1.82) is 0 Å². The van der Waals surface area contributed by atoms with Crippen molar-refractivity contribution >= 4 is 29.2 Å². The molecule has 0 saturated heterocycles. The minimum absolute atomic E-state index is 0.0230. The molecule has 3 heterocycles. The largest absolute Gasteiger partial charge is 0.477 e. The summed E-state index contributed by atoms with van der Waals surface area (Å²) in [4.78, 5) is 34.6. The summed E-state index contributed by atoms with van der Waals surface area (Å²) >= 11 is 0. The lowest BCUT2D eigenvalue weighted by molar-refractivity contribution is -0.166. The predicted molar refractivity (Wildman–Crippen MR) is 129 cm³/mol. The van der Waals surface area contributed by atoms with E-state index in [0.717, 1.165) is 36.5 Å². The van der Waals surface area contributed by atoms with E-state index in [4.69, 9.17) is 9.84 Å². The number of benzene rings is 1. The van der Waals surface area contributed by atoms with E-state index < -0.39 is 35.1 Å². The highest BCUT2D eigenvalue weighted by atomic mass is 19.3. The second kappa shape index (κ2) is 10.6. The van der Waals surface area contributed by atoms with Crippen molar-refractivity contribution in [2.24, 2.45) is 7.05 Å². The second-order valence-electron chi connectivity index (χ2n) is 7.86. The van der Waals surface area contributed by atoms with Crippen LogP contribution in [0.3, 0.4) is 0 Å². The Morgan fingerprint density at radius 1 is 1.10 bits per heavy atom. The van der Waals surface area contributed by atoms with Gasteiger partial charge in [0.15, 0.2) is 5.82 Å². The molecule has 0 aliphatic rings. The van der Waals surface area contributed by atoms with Crippen molar-refractivity contribution in [2.45, 2.75) is 5.92 Å². The number of ether oxygens (including phenoxy) is 1. The van der Waals surface area contributed by atoms with Gasteiger partial charge in [-0.1, -0.05) is 6.58 Å². The highest BCUT2D eigenvalue weighted by molar-refractivity contribution is 5.99. The number of aromatic nitrogens is 5. The molecule has 11 nitrogen and oxygen atoms in total. The minimum atomic E-state index is -4.36. The molecule has 0 bridgehead atoms. The zero-order valence-corrected chi connectivity index (χ0v) is 19.8. The standard InChI is InChI=1S/C24H17F4N7O4/c1-3-19(36)32-14-5-13(24(27,28)22(37)38)6-16(7-14)39-21-17(12-4-18(25)20(26)29-8-12)10-30-23(34-21)33-15-9-31-35(2)11-15/h3-11H,1H2,2H3,(H,32,36)(H,37,38)(H,30,33,34). The normalized spacial score (nSPS) is 11.1. The van der Waals surface area contributed by atoms with Crippen molar-refractivity contribution in [2.75, 3.05) is 10.6 Å². The molecule has 0 aliphatic carbocycles. The Balaban J connectivity index is 1.83. The van der Waals surface area contributed by atoms with Gasteiger partial charge in [0.1, 0.15) is 5.75 Å². The van der Waals surface area contributed by atoms with Crippen LogP contribution in [0.5, 0.6) is 11.6 Å². The number of amides is 1. The number of aryl methyl sites for hydroxylation is 1. The number of carbonyl (C=O) groups excluding carboxylic acids is 1. The number of alkyl halides is 2. The van der Waals surface area contributed by atoms with Crippen LogP contribution in [0.4, 0.5) is 34.9 Å². The fourth-order valence-electron chi connectivity index (χ4n) is 3.23. The first-order valence-electron chi connectivity index (χ1n) is 10.8. The van der Waals surface area contributed by atoms with Gasteiger partial charge < -0.3 is 20.5 Å². The van der Waals surface area contributed by atoms with Crippen molar-refractivity contribution in [3.63, 3.8) is 0 Å².